The summed E-state index contributed by atoms with van der Waals surface area (Å²) in [5.74, 6) is 0.00708. The number of ether oxygens (including phenoxy) is 1. The Morgan fingerprint density at radius 3 is 2.79 bits per heavy atom. The van der Waals surface area contributed by atoms with E-state index in [0.717, 1.165) is 5.56 Å². The van der Waals surface area contributed by atoms with E-state index in [9.17, 15) is 4.79 Å². The number of thiocarbonyl (C=S) groups is 1. The number of nitrogens with two attached hydrogens (primary N) is 1. The van der Waals surface area contributed by atoms with E-state index in [0.29, 0.717) is 30.2 Å². The van der Waals surface area contributed by atoms with Crippen LogP contribution >= 0.6 is 12.2 Å². The standard InChI is InChI=1S/C14H18N2O2S/c1-9-3-4-11(7-10(9)2)14(17)16-5-6-18-12(8-16)13(15)19/h3-4,7,12H,5-6,8H2,1-2H3,(H2,15,19). The van der Waals surface area contributed by atoms with Crippen molar-refractivity contribution in [3.8, 4) is 0 Å². The van der Waals surface area contributed by atoms with Crippen molar-refractivity contribution in [1.29, 1.82) is 0 Å². The van der Waals surface area contributed by atoms with E-state index in [1.807, 2.05) is 32.0 Å². The molecule has 5 heteroatoms. The monoisotopic (exact) mass is 278 g/mol. The highest BCUT2D eigenvalue weighted by molar-refractivity contribution is 7.80. The molecule has 0 bridgehead atoms. The average molecular weight is 278 g/mol. The minimum atomic E-state index is -0.334. The number of hydrogen-bond donors (Lipinski definition) is 1. The summed E-state index contributed by atoms with van der Waals surface area (Å²) in [6.45, 7) is 5.51. The van der Waals surface area contributed by atoms with E-state index in [1.54, 1.807) is 4.90 Å². The van der Waals surface area contributed by atoms with Gasteiger partial charge in [0.2, 0.25) is 0 Å². The molecule has 1 atom stereocenters. The molecule has 1 aliphatic heterocycles. The third-order valence-electron chi connectivity index (χ3n) is 3.42. The first-order valence-corrected chi connectivity index (χ1v) is 6.67. The zero-order valence-corrected chi connectivity index (χ0v) is 12.0. The Kier molecular flexibility index (Phi) is 4.17. The van der Waals surface area contributed by atoms with Gasteiger partial charge in [0.1, 0.15) is 11.1 Å². The molecule has 102 valence electrons. The van der Waals surface area contributed by atoms with Gasteiger partial charge < -0.3 is 15.4 Å². The van der Waals surface area contributed by atoms with Crippen LogP contribution in [0.15, 0.2) is 18.2 Å². The van der Waals surface area contributed by atoms with Crippen molar-refractivity contribution in [2.24, 2.45) is 5.73 Å². The second kappa shape index (κ2) is 5.67. The molecule has 2 rings (SSSR count). The molecule has 1 saturated heterocycles. The van der Waals surface area contributed by atoms with Gasteiger partial charge in [-0.15, -0.1) is 0 Å². The van der Waals surface area contributed by atoms with Crippen molar-refractivity contribution in [2.75, 3.05) is 19.7 Å². The molecule has 19 heavy (non-hydrogen) atoms. The van der Waals surface area contributed by atoms with Crippen LogP contribution in [0, 0.1) is 13.8 Å². The quantitative estimate of drug-likeness (QED) is 0.832. The highest BCUT2D eigenvalue weighted by Crippen LogP contribution is 2.14. The Morgan fingerprint density at radius 1 is 1.42 bits per heavy atom. The third kappa shape index (κ3) is 3.11. The maximum Gasteiger partial charge on any atom is 0.254 e. The van der Waals surface area contributed by atoms with Gasteiger partial charge in [0.15, 0.2) is 0 Å². The molecule has 4 nitrogen and oxygen atoms in total. The summed E-state index contributed by atoms with van der Waals surface area (Å²) < 4.78 is 5.44. The fourth-order valence-electron chi connectivity index (χ4n) is 2.06. The lowest BCUT2D eigenvalue weighted by atomic mass is 10.1. The molecule has 0 aliphatic carbocycles. The largest absolute Gasteiger partial charge is 0.391 e. The minimum absolute atomic E-state index is 0.00708. The van der Waals surface area contributed by atoms with Gasteiger partial charge in [0.25, 0.3) is 5.91 Å². The van der Waals surface area contributed by atoms with Gasteiger partial charge in [-0.1, -0.05) is 18.3 Å². The Morgan fingerprint density at radius 2 is 2.16 bits per heavy atom. The predicted octanol–water partition coefficient (Wildman–Crippen LogP) is 1.43. The third-order valence-corrected chi connectivity index (χ3v) is 3.69. The number of rotatable bonds is 2. The number of benzene rings is 1. The Balaban J connectivity index is 2.14. The lowest BCUT2D eigenvalue weighted by Crippen LogP contribution is -2.49. The SMILES string of the molecule is Cc1ccc(C(=O)N2CCOC(C(N)=S)C2)cc1C. The first kappa shape index (κ1) is 14.0. The summed E-state index contributed by atoms with van der Waals surface area (Å²) in [6.07, 6.45) is -0.334. The number of carbonyl (C=O) groups excluding carboxylic acids is 1. The molecule has 0 spiro atoms. The zero-order valence-electron chi connectivity index (χ0n) is 11.2. The second-order valence-corrected chi connectivity index (χ2v) is 5.28. The molecule has 0 saturated carbocycles. The second-order valence-electron chi connectivity index (χ2n) is 4.81. The first-order chi connectivity index (χ1) is 8.99. The molecule has 1 aromatic carbocycles. The summed E-state index contributed by atoms with van der Waals surface area (Å²) in [5.41, 5.74) is 8.58. The van der Waals surface area contributed by atoms with Crippen molar-refractivity contribution in [1.82, 2.24) is 4.90 Å². The highest BCUT2D eigenvalue weighted by atomic mass is 32.1. The molecular weight excluding hydrogens is 260 g/mol. The van der Waals surface area contributed by atoms with Crippen molar-refractivity contribution in [3.63, 3.8) is 0 Å². The molecule has 1 unspecified atom stereocenters. The van der Waals surface area contributed by atoms with Crippen molar-refractivity contribution in [3.05, 3.63) is 34.9 Å². The van der Waals surface area contributed by atoms with Gasteiger partial charge in [-0.2, -0.15) is 0 Å². The molecular formula is C14H18N2O2S. The smallest absolute Gasteiger partial charge is 0.254 e. The number of nitrogens with zero attached hydrogens (tertiary/aromatic N) is 1. The van der Waals surface area contributed by atoms with Gasteiger partial charge in [-0.05, 0) is 37.1 Å². The van der Waals surface area contributed by atoms with Crippen molar-refractivity contribution >= 4 is 23.1 Å². The Bertz CT molecular complexity index is 516. The van der Waals surface area contributed by atoms with Crippen LogP contribution in [0.4, 0.5) is 0 Å². The van der Waals surface area contributed by atoms with Crippen LogP contribution in [0.25, 0.3) is 0 Å². The summed E-state index contributed by atoms with van der Waals surface area (Å²) >= 11 is 4.92. The normalized spacial score (nSPS) is 19.3. The number of aryl methyl sites for hydroxylation is 2. The molecule has 2 N–H and O–H groups in total. The minimum Gasteiger partial charge on any atom is -0.391 e. The fourth-order valence-corrected chi connectivity index (χ4v) is 2.21. The molecule has 0 radical (unpaired) electrons. The van der Waals surface area contributed by atoms with Crippen molar-refractivity contribution in [2.45, 2.75) is 20.0 Å². The maximum atomic E-state index is 12.4. The first-order valence-electron chi connectivity index (χ1n) is 6.26. The van der Waals surface area contributed by atoms with E-state index >= 15 is 0 Å². The molecule has 1 amide bonds. The van der Waals surface area contributed by atoms with Gasteiger partial charge >= 0.3 is 0 Å². The summed E-state index contributed by atoms with van der Waals surface area (Å²) in [7, 11) is 0. The van der Waals surface area contributed by atoms with E-state index in [4.69, 9.17) is 22.7 Å². The highest BCUT2D eigenvalue weighted by Gasteiger charge is 2.26. The average Bonchev–Trinajstić information content (AvgIpc) is 2.41. The molecule has 1 aromatic rings. The van der Waals surface area contributed by atoms with Crippen LogP contribution in [0.3, 0.4) is 0 Å². The Hall–Kier alpha value is -1.46. The van der Waals surface area contributed by atoms with E-state index in [-0.39, 0.29) is 12.0 Å². The number of hydrogen-bond acceptors (Lipinski definition) is 3. The zero-order chi connectivity index (χ0) is 14.0. The Labute approximate surface area is 118 Å². The van der Waals surface area contributed by atoms with Crippen LogP contribution in [-0.4, -0.2) is 41.6 Å². The fraction of sp³-hybridized carbons (Fsp3) is 0.429. The lowest BCUT2D eigenvalue weighted by molar-refractivity contribution is 0.00878. The molecule has 1 aliphatic rings. The van der Waals surface area contributed by atoms with Gasteiger partial charge in [-0.3, -0.25) is 4.79 Å². The molecule has 1 fully saturated rings. The lowest BCUT2D eigenvalue weighted by Gasteiger charge is -2.32. The van der Waals surface area contributed by atoms with Gasteiger partial charge in [-0.25, -0.2) is 0 Å². The van der Waals surface area contributed by atoms with E-state index in [1.165, 1.54) is 5.56 Å². The number of amides is 1. The summed E-state index contributed by atoms with van der Waals surface area (Å²) in [6, 6.07) is 5.74. The van der Waals surface area contributed by atoms with Crippen LogP contribution in [0.2, 0.25) is 0 Å². The van der Waals surface area contributed by atoms with E-state index in [2.05, 4.69) is 0 Å². The molecule has 0 aromatic heterocycles. The summed E-state index contributed by atoms with van der Waals surface area (Å²) in [5, 5.41) is 0. The van der Waals surface area contributed by atoms with E-state index < -0.39 is 0 Å². The van der Waals surface area contributed by atoms with Crippen molar-refractivity contribution < 1.29 is 9.53 Å². The number of carbonyl (C=O) groups is 1. The van der Waals surface area contributed by atoms with Crippen LogP contribution in [-0.2, 0) is 4.74 Å². The van der Waals surface area contributed by atoms with Crippen LogP contribution < -0.4 is 5.73 Å². The van der Waals surface area contributed by atoms with Crippen LogP contribution in [0.5, 0.6) is 0 Å². The topological polar surface area (TPSA) is 55.6 Å². The maximum absolute atomic E-state index is 12.4. The van der Waals surface area contributed by atoms with Crippen LogP contribution in [0.1, 0.15) is 21.5 Å². The summed E-state index contributed by atoms with van der Waals surface area (Å²) in [4.78, 5) is 14.5. The molecule has 1 heterocycles. The van der Waals surface area contributed by atoms with Gasteiger partial charge in [0, 0.05) is 12.1 Å². The number of morpholine rings is 1. The van der Waals surface area contributed by atoms with Gasteiger partial charge in [0.05, 0.1) is 13.2 Å². The predicted molar refractivity (Wildman–Crippen MR) is 78.3 cm³/mol.